The van der Waals surface area contributed by atoms with Crippen molar-refractivity contribution in [3.05, 3.63) is 24.1 Å². The molecule has 1 aromatic carbocycles. The maximum Gasteiger partial charge on any atom is 0.247 e. The number of nitrogens with zero attached hydrogens (tertiary/aromatic N) is 4. The zero-order chi connectivity index (χ0) is 18.8. The smallest absolute Gasteiger partial charge is 0.247 e. The summed E-state index contributed by atoms with van der Waals surface area (Å²) in [6, 6.07) is 5.46. The fraction of sp³-hybridized carbons (Fsp3) is 0.312. The Morgan fingerprint density at radius 1 is 1.22 bits per heavy atom. The molecule has 3 heterocycles. The van der Waals surface area contributed by atoms with Gasteiger partial charge < -0.3 is 19.2 Å². The van der Waals surface area contributed by atoms with E-state index in [2.05, 4.69) is 25.7 Å². The number of rotatable bonds is 6. The third-order valence-corrected chi connectivity index (χ3v) is 5.52. The maximum absolute atomic E-state index is 11.7. The third-order valence-electron chi connectivity index (χ3n) is 3.57. The SMILES string of the molecule is CC(C)C(=O)Nc1nnc(SCc2nnc(-c3ccc4c(c3)OCO4)o2)s1. The van der Waals surface area contributed by atoms with Crippen LogP contribution < -0.4 is 14.8 Å². The first-order valence-electron chi connectivity index (χ1n) is 8.08. The Hall–Kier alpha value is -2.66. The standard InChI is InChI=1S/C16H15N5O4S2/c1-8(2)13(22)17-15-20-21-16(27-15)26-6-12-18-19-14(25-12)9-3-4-10-11(5-9)24-7-23-10/h3-5,8H,6-7H2,1-2H3,(H,17,20,22). The number of thioether (sulfide) groups is 1. The highest BCUT2D eigenvalue weighted by Gasteiger charge is 2.17. The Morgan fingerprint density at radius 3 is 2.93 bits per heavy atom. The van der Waals surface area contributed by atoms with Crippen LogP contribution in [0.3, 0.4) is 0 Å². The van der Waals surface area contributed by atoms with Crippen LogP contribution >= 0.6 is 23.1 Å². The molecule has 0 spiro atoms. The Kier molecular flexibility index (Phi) is 4.94. The average molecular weight is 405 g/mol. The molecule has 0 aliphatic carbocycles. The van der Waals surface area contributed by atoms with Gasteiger partial charge in [0, 0.05) is 11.5 Å². The number of hydrogen-bond acceptors (Lipinski definition) is 10. The second-order valence-electron chi connectivity index (χ2n) is 5.87. The fourth-order valence-electron chi connectivity index (χ4n) is 2.15. The van der Waals surface area contributed by atoms with Crippen molar-refractivity contribution in [1.29, 1.82) is 0 Å². The lowest BCUT2D eigenvalue weighted by Crippen LogP contribution is -2.17. The minimum atomic E-state index is -0.113. The molecule has 1 aliphatic heterocycles. The number of anilines is 1. The molecule has 0 atom stereocenters. The van der Waals surface area contributed by atoms with Gasteiger partial charge in [-0.05, 0) is 18.2 Å². The molecule has 9 nitrogen and oxygen atoms in total. The molecule has 0 saturated heterocycles. The molecule has 3 aromatic rings. The first-order valence-corrected chi connectivity index (χ1v) is 9.88. The van der Waals surface area contributed by atoms with E-state index in [-0.39, 0.29) is 18.6 Å². The first kappa shape index (κ1) is 17.7. The average Bonchev–Trinajstić information content (AvgIpc) is 3.39. The molecule has 11 heteroatoms. The van der Waals surface area contributed by atoms with Crippen LogP contribution in [0.25, 0.3) is 11.5 Å². The molecule has 1 amide bonds. The zero-order valence-corrected chi connectivity index (χ0v) is 16.1. The predicted octanol–water partition coefficient (Wildman–Crippen LogP) is 3.20. The van der Waals surface area contributed by atoms with E-state index < -0.39 is 0 Å². The molecule has 4 rings (SSSR count). The molecule has 0 bridgehead atoms. The number of carbonyl (C=O) groups is 1. The van der Waals surface area contributed by atoms with E-state index >= 15 is 0 Å². The van der Waals surface area contributed by atoms with Gasteiger partial charge in [0.1, 0.15) is 0 Å². The van der Waals surface area contributed by atoms with Gasteiger partial charge in [0.15, 0.2) is 15.8 Å². The van der Waals surface area contributed by atoms with Crippen molar-refractivity contribution in [3.63, 3.8) is 0 Å². The largest absolute Gasteiger partial charge is 0.454 e. The summed E-state index contributed by atoms with van der Waals surface area (Å²) in [5, 5.41) is 19.3. The van der Waals surface area contributed by atoms with E-state index in [9.17, 15) is 4.79 Å². The van der Waals surface area contributed by atoms with Gasteiger partial charge in [-0.2, -0.15) is 0 Å². The minimum absolute atomic E-state index is 0.0898. The summed E-state index contributed by atoms with van der Waals surface area (Å²) < 4.78 is 17.1. The monoisotopic (exact) mass is 405 g/mol. The van der Waals surface area contributed by atoms with Gasteiger partial charge >= 0.3 is 0 Å². The second-order valence-corrected chi connectivity index (χ2v) is 8.07. The van der Waals surface area contributed by atoms with Gasteiger partial charge in [0.05, 0.1) is 5.75 Å². The van der Waals surface area contributed by atoms with Crippen molar-refractivity contribution in [3.8, 4) is 23.0 Å². The molecule has 0 radical (unpaired) electrons. The van der Waals surface area contributed by atoms with Crippen LogP contribution in [-0.4, -0.2) is 33.1 Å². The summed E-state index contributed by atoms with van der Waals surface area (Å²) in [6.45, 7) is 3.85. The fourth-order valence-corrected chi connectivity index (χ4v) is 3.74. The van der Waals surface area contributed by atoms with Crippen LogP contribution in [0.5, 0.6) is 11.5 Å². The predicted molar refractivity (Wildman–Crippen MR) is 98.8 cm³/mol. The van der Waals surface area contributed by atoms with Gasteiger partial charge in [-0.3, -0.25) is 4.79 Å². The van der Waals surface area contributed by atoms with Gasteiger partial charge in [-0.15, -0.1) is 20.4 Å². The van der Waals surface area contributed by atoms with Gasteiger partial charge in [-0.1, -0.05) is 36.9 Å². The number of amides is 1. The van der Waals surface area contributed by atoms with Crippen molar-refractivity contribution >= 4 is 34.1 Å². The summed E-state index contributed by atoms with van der Waals surface area (Å²) in [4.78, 5) is 11.7. The van der Waals surface area contributed by atoms with Crippen LogP contribution in [0.4, 0.5) is 5.13 Å². The molecular formula is C16H15N5O4S2. The summed E-state index contributed by atoms with van der Waals surface area (Å²) >= 11 is 2.71. The van der Waals surface area contributed by atoms with Crippen LogP contribution in [0.15, 0.2) is 27.0 Å². The molecular weight excluding hydrogens is 390 g/mol. The minimum Gasteiger partial charge on any atom is -0.454 e. The number of ether oxygens (including phenoxy) is 2. The molecule has 0 saturated carbocycles. The quantitative estimate of drug-likeness (QED) is 0.488. The number of fused-ring (bicyclic) bond motifs is 1. The molecule has 27 heavy (non-hydrogen) atoms. The van der Waals surface area contributed by atoms with Gasteiger partial charge in [-0.25, -0.2) is 0 Å². The highest BCUT2D eigenvalue weighted by Crippen LogP contribution is 2.36. The molecule has 140 valence electrons. The van der Waals surface area contributed by atoms with Crippen LogP contribution in [0.1, 0.15) is 19.7 Å². The summed E-state index contributed by atoms with van der Waals surface area (Å²) in [7, 11) is 0. The first-order chi connectivity index (χ1) is 13.1. The second kappa shape index (κ2) is 7.53. The normalized spacial score (nSPS) is 12.6. The van der Waals surface area contributed by atoms with Crippen LogP contribution in [0.2, 0.25) is 0 Å². The highest BCUT2D eigenvalue weighted by molar-refractivity contribution is 8.00. The lowest BCUT2D eigenvalue weighted by Gasteiger charge is -2.02. The van der Waals surface area contributed by atoms with E-state index in [4.69, 9.17) is 13.9 Å². The molecule has 2 aromatic heterocycles. The highest BCUT2D eigenvalue weighted by atomic mass is 32.2. The van der Waals surface area contributed by atoms with E-state index in [0.717, 1.165) is 5.56 Å². The Labute approximate surface area is 162 Å². The lowest BCUT2D eigenvalue weighted by atomic mass is 10.2. The summed E-state index contributed by atoms with van der Waals surface area (Å²) in [5.74, 6) is 2.48. The maximum atomic E-state index is 11.7. The number of aromatic nitrogens is 4. The number of hydrogen-bond donors (Lipinski definition) is 1. The molecule has 0 unspecified atom stereocenters. The van der Waals surface area contributed by atoms with Crippen molar-refractivity contribution in [2.75, 3.05) is 12.1 Å². The third kappa shape index (κ3) is 4.03. The van der Waals surface area contributed by atoms with Gasteiger partial charge in [0.2, 0.25) is 29.6 Å². The van der Waals surface area contributed by atoms with E-state index in [1.807, 2.05) is 26.0 Å². The summed E-state index contributed by atoms with van der Waals surface area (Å²) in [6.07, 6.45) is 0. The van der Waals surface area contributed by atoms with Crippen molar-refractivity contribution < 1.29 is 18.7 Å². The lowest BCUT2D eigenvalue weighted by molar-refractivity contribution is -0.118. The molecule has 1 N–H and O–H groups in total. The van der Waals surface area contributed by atoms with E-state index in [1.54, 1.807) is 6.07 Å². The topological polar surface area (TPSA) is 112 Å². The Bertz CT molecular complexity index is 971. The number of nitrogens with one attached hydrogen (secondary N) is 1. The van der Waals surface area contributed by atoms with Crippen molar-refractivity contribution in [2.24, 2.45) is 5.92 Å². The van der Waals surface area contributed by atoms with Crippen LogP contribution in [0, 0.1) is 5.92 Å². The van der Waals surface area contributed by atoms with E-state index in [1.165, 1.54) is 23.1 Å². The number of carbonyl (C=O) groups excluding carboxylic acids is 1. The number of benzene rings is 1. The zero-order valence-electron chi connectivity index (χ0n) is 14.5. The van der Waals surface area contributed by atoms with E-state index in [0.29, 0.717) is 38.5 Å². The van der Waals surface area contributed by atoms with Crippen molar-refractivity contribution in [2.45, 2.75) is 23.9 Å². The Morgan fingerprint density at radius 2 is 2.07 bits per heavy atom. The van der Waals surface area contributed by atoms with Gasteiger partial charge in [0.25, 0.3) is 0 Å². The molecule has 0 fully saturated rings. The molecule has 1 aliphatic rings. The Balaban J connectivity index is 1.37. The summed E-state index contributed by atoms with van der Waals surface area (Å²) in [5.41, 5.74) is 0.762. The van der Waals surface area contributed by atoms with Crippen molar-refractivity contribution in [1.82, 2.24) is 20.4 Å². The van der Waals surface area contributed by atoms with Crippen LogP contribution in [-0.2, 0) is 10.5 Å².